The fraction of sp³-hybridized carbons (Fsp3) is 0.486. The quantitative estimate of drug-likeness (QED) is 0.428. The monoisotopic (exact) mass is 617 g/mol. The number of aromatic amines is 1. The molecule has 0 unspecified atom stereocenters. The standard InChI is InChI=1S/C35H41F2N5O3/c36-27-8-9-29(37)28(18-27)31-22-45-35(12-14-38-15-13-35)24-42(31)33(44)40-16-17-41(34(23-40)10-4-5-11-34)21-26-20-39-30(19-32(26)43)25-6-2-1-3-7-25/h1-3,6-9,18-20,31,38H,4-5,10-17,21-24H2,(H,39,43)/t31-/m1/s1. The predicted molar refractivity (Wildman–Crippen MR) is 168 cm³/mol. The second kappa shape index (κ2) is 12.3. The molecule has 4 aliphatic rings. The highest BCUT2D eigenvalue weighted by Gasteiger charge is 2.49. The first kappa shape index (κ1) is 30.1. The summed E-state index contributed by atoms with van der Waals surface area (Å²) >= 11 is 0. The van der Waals surface area contributed by atoms with Crippen LogP contribution < -0.4 is 10.7 Å². The molecule has 1 atom stereocenters. The van der Waals surface area contributed by atoms with Gasteiger partial charge in [0.15, 0.2) is 5.43 Å². The van der Waals surface area contributed by atoms with E-state index < -0.39 is 23.3 Å². The summed E-state index contributed by atoms with van der Waals surface area (Å²) in [4.78, 5) is 37.1. The number of pyridine rings is 1. The van der Waals surface area contributed by atoms with Crippen molar-refractivity contribution >= 4 is 6.03 Å². The van der Waals surface area contributed by atoms with Crippen LogP contribution in [-0.2, 0) is 11.3 Å². The third-order valence-electron chi connectivity index (χ3n) is 10.5. The van der Waals surface area contributed by atoms with Crippen molar-refractivity contribution in [3.8, 4) is 11.3 Å². The number of carbonyl (C=O) groups excluding carboxylic acids is 1. The Bertz CT molecular complexity index is 1590. The Morgan fingerprint density at radius 1 is 0.956 bits per heavy atom. The molecule has 2 aromatic carbocycles. The molecule has 8 nitrogen and oxygen atoms in total. The van der Waals surface area contributed by atoms with Crippen molar-refractivity contribution in [2.75, 3.05) is 45.9 Å². The van der Waals surface area contributed by atoms with Crippen LogP contribution in [0.2, 0.25) is 0 Å². The zero-order valence-electron chi connectivity index (χ0n) is 25.6. The summed E-state index contributed by atoms with van der Waals surface area (Å²) < 4.78 is 35.8. The van der Waals surface area contributed by atoms with Crippen LogP contribution in [-0.4, -0.2) is 82.7 Å². The average Bonchev–Trinajstić information content (AvgIpc) is 3.53. The van der Waals surface area contributed by atoms with Crippen molar-refractivity contribution < 1.29 is 18.3 Å². The largest absolute Gasteiger partial charge is 0.371 e. The van der Waals surface area contributed by atoms with Crippen LogP contribution in [0.25, 0.3) is 11.3 Å². The number of piperidine rings is 1. The molecule has 45 heavy (non-hydrogen) atoms. The first-order valence-corrected chi connectivity index (χ1v) is 16.2. The van der Waals surface area contributed by atoms with Gasteiger partial charge in [-0.15, -0.1) is 0 Å². The summed E-state index contributed by atoms with van der Waals surface area (Å²) in [5, 5.41) is 3.36. The van der Waals surface area contributed by atoms with Gasteiger partial charge in [-0.05, 0) is 62.5 Å². The van der Waals surface area contributed by atoms with Gasteiger partial charge in [-0.2, -0.15) is 0 Å². The molecular formula is C35H41F2N5O3. The van der Waals surface area contributed by atoms with E-state index >= 15 is 4.39 Å². The van der Waals surface area contributed by atoms with E-state index in [-0.39, 0.29) is 29.2 Å². The molecule has 10 heteroatoms. The molecule has 1 saturated carbocycles. The van der Waals surface area contributed by atoms with E-state index in [4.69, 9.17) is 4.74 Å². The molecule has 1 aromatic heterocycles. The Kier molecular flexibility index (Phi) is 8.22. The molecule has 4 heterocycles. The maximum absolute atomic E-state index is 15.1. The zero-order valence-corrected chi connectivity index (χ0v) is 25.6. The highest BCUT2D eigenvalue weighted by atomic mass is 19.1. The molecule has 3 aliphatic heterocycles. The lowest BCUT2D eigenvalue weighted by Gasteiger charge is -2.53. The fourth-order valence-electron chi connectivity index (χ4n) is 7.95. The number of rotatable bonds is 4. The van der Waals surface area contributed by atoms with Gasteiger partial charge in [0.05, 0.1) is 24.8 Å². The van der Waals surface area contributed by atoms with E-state index in [1.54, 1.807) is 11.0 Å². The van der Waals surface area contributed by atoms with Gasteiger partial charge in [0.2, 0.25) is 0 Å². The molecule has 1 aliphatic carbocycles. The van der Waals surface area contributed by atoms with Crippen LogP contribution in [0.15, 0.2) is 65.6 Å². The molecule has 3 saturated heterocycles. The number of piperazine rings is 1. The smallest absolute Gasteiger partial charge is 0.320 e. The van der Waals surface area contributed by atoms with E-state index in [1.807, 2.05) is 41.4 Å². The van der Waals surface area contributed by atoms with E-state index in [9.17, 15) is 14.0 Å². The minimum atomic E-state index is -0.715. The zero-order chi connectivity index (χ0) is 31.0. The van der Waals surface area contributed by atoms with Gasteiger partial charge in [0.25, 0.3) is 0 Å². The topological polar surface area (TPSA) is 80.9 Å². The van der Waals surface area contributed by atoms with E-state index in [0.717, 1.165) is 75.0 Å². The SMILES string of the molecule is O=C(N1CCN(Cc2c[nH]c(-c3ccccc3)cc2=O)C2(CCCC2)C1)N1CC2(CCNCC2)OC[C@@H]1c1cc(F)ccc1F. The molecule has 0 radical (unpaired) electrons. The van der Waals surface area contributed by atoms with Gasteiger partial charge < -0.3 is 24.8 Å². The molecule has 2 spiro atoms. The number of hydrogen-bond donors (Lipinski definition) is 2. The molecule has 3 aromatic rings. The highest BCUT2D eigenvalue weighted by Crippen LogP contribution is 2.41. The van der Waals surface area contributed by atoms with Gasteiger partial charge in [-0.3, -0.25) is 9.69 Å². The number of urea groups is 1. The van der Waals surface area contributed by atoms with Crippen molar-refractivity contribution in [3.05, 3.63) is 93.8 Å². The minimum absolute atomic E-state index is 0.000181. The van der Waals surface area contributed by atoms with Crippen molar-refractivity contribution in [1.82, 2.24) is 25.0 Å². The molecular weight excluding hydrogens is 576 g/mol. The summed E-state index contributed by atoms with van der Waals surface area (Å²) in [7, 11) is 0. The van der Waals surface area contributed by atoms with Crippen LogP contribution >= 0.6 is 0 Å². The lowest BCUT2D eigenvalue weighted by molar-refractivity contribution is -0.139. The second-order valence-corrected chi connectivity index (χ2v) is 13.2. The number of ether oxygens (including phenoxy) is 1. The van der Waals surface area contributed by atoms with E-state index in [2.05, 4.69) is 15.2 Å². The van der Waals surface area contributed by atoms with Crippen molar-refractivity contribution in [3.63, 3.8) is 0 Å². The second-order valence-electron chi connectivity index (χ2n) is 13.2. The summed E-state index contributed by atoms with van der Waals surface area (Å²) in [6, 6.07) is 14.0. The maximum Gasteiger partial charge on any atom is 0.320 e. The van der Waals surface area contributed by atoms with Crippen LogP contribution in [0.5, 0.6) is 0 Å². The number of nitrogens with zero attached hydrogens (tertiary/aromatic N) is 3. The van der Waals surface area contributed by atoms with Crippen LogP contribution in [0, 0.1) is 11.6 Å². The first-order valence-electron chi connectivity index (χ1n) is 16.2. The third-order valence-corrected chi connectivity index (χ3v) is 10.5. The van der Waals surface area contributed by atoms with Gasteiger partial charge in [-0.1, -0.05) is 43.2 Å². The molecule has 0 bridgehead atoms. The lowest BCUT2D eigenvalue weighted by Crippen LogP contribution is -2.66. The number of carbonyl (C=O) groups is 1. The Morgan fingerprint density at radius 3 is 2.49 bits per heavy atom. The number of aromatic nitrogens is 1. The number of amides is 2. The number of hydrogen-bond acceptors (Lipinski definition) is 5. The maximum atomic E-state index is 15.1. The highest BCUT2D eigenvalue weighted by molar-refractivity contribution is 5.76. The molecule has 2 amide bonds. The average molecular weight is 618 g/mol. The number of halogens is 2. The Hall–Kier alpha value is -3.60. The molecule has 4 fully saturated rings. The van der Waals surface area contributed by atoms with E-state index in [1.165, 1.54) is 6.07 Å². The summed E-state index contributed by atoms with van der Waals surface area (Å²) in [5.74, 6) is -1.07. The van der Waals surface area contributed by atoms with Crippen LogP contribution in [0.3, 0.4) is 0 Å². The minimum Gasteiger partial charge on any atom is -0.371 e. The van der Waals surface area contributed by atoms with E-state index in [0.29, 0.717) is 38.3 Å². The fourth-order valence-corrected chi connectivity index (χ4v) is 7.95. The lowest BCUT2D eigenvalue weighted by atomic mass is 9.88. The Balaban J connectivity index is 1.13. The van der Waals surface area contributed by atoms with Gasteiger partial charge >= 0.3 is 6.03 Å². The Morgan fingerprint density at radius 2 is 1.73 bits per heavy atom. The molecule has 238 valence electrons. The van der Waals surface area contributed by atoms with Gasteiger partial charge in [-0.25, -0.2) is 13.6 Å². The number of nitrogens with one attached hydrogen (secondary N) is 2. The molecule has 7 rings (SSSR count). The molecule has 2 N–H and O–H groups in total. The number of morpholine rings is 1. The number of benzene rings is 2. The van der Waals surface area contributed by atoms with Gasteiger partial charge in [0, 0.05) is 60.8 Å². The van der Waals surface area contributed by atoms with Crippen molar-refractivity contribution in [2.45, 2.75) is 62.3 Å². The summed E-state index contributed by atoms with van der Waals surface area (Å²) in [6.07, 6.45) is 7.35. The summed E-state index contributed by atoms with van der Waals surface area (Å²) in [5.41, 5.74) is 1.88. The van der Waals surface area contributed by atoms with Crippen LogP contribution in [0.1, 0.15) is 55.7 Å². The normalized spacial score (nSPS) is 23.1. The first-order chi connectivity index (χ1) is 21.8. The van der Waals surface area contributed by atoms with Crippen LogP contribution in [0.4, 0.5) is 13.6 Å². The summed E-state index contributed by atoms with van der Waals surface area (Å²) in [6.45, 7) is 4.20. The Labute approximate surface area is 262 Å². The van der Waals surface area contributed by atoms with Crippen molar-refractivity contribution in [2.24, 2.45) is 0 Å². The van der Waals surface area contributed by atoms with Crippen molar-refractivity contribution in [1.29, 1.82) is 0 Å². The predicted octanol–water partition coefficient (Wildman–Crippen LogP) is 5.07. The third kappa shape index (κ3) is 5.91. The van der Waals surface area contributed by atoms with Gasteiger partial charge in [0.1, 0.15) is 11.6 Å². The number of H-pyrrole nitrogens is 1.